The van der Waals surface area contributed by atoms with E-state index in [-0.39, 0.29) is 39.3 Å². The predicted molar refractivity (Wildman–Crippen MR) is 305 cm³/mol. The van der Waals surface area contributed by atoms with Gasteiger partial charge < -0.3 is 19.1 Å². The molecule has 5 heteroatoms. The number of hydrogen-bond donors (Lipinski definition) is 0. The second-order valence-corrected chi connectivity index (χ2v) is 26.2. The minimum atomic E-state index is -0.155. The second-order valence-electron chi connectivity index (χ2n) is 26.2. The highest BCUT2D eigenvalue weighted by molar-refractivity contribution is 7.00. The van der Waals surface area contributed by atoms with Crippen LogP contribution in [0.4, 0.5) is 45.5 Å². The number of furan rings is 1. The van der Waals surface area contributed by atoms with Crippen LogP contribution in [0.1, 0.15) is 150 Å². The quantitative estimate of drug-likeness (QED) is 0.165. The molecule has 1 fully saturated rings. The highest BCUT2D eigenvalue weighted by Crippen LogP contribution is 2.62. The summed E-state index contributed by atoms with van der Waals surface area (Å²) in [5.74, 6) is 0. The maximum absolute atomic E-state index is 6.72. The van der Waals surface area contributed by atoms with E-state index < -0.39 is 0 Å². The molecule has 4 heterocycles. The van der Waals surface area contributed by atoms with Gasteiger partial charge in [-0.1, -0.05) is 176 Å². The van der Waals surface area contributed by atoms with E-state index in [0.29, 0.717) is 0 Å². The zero-order valence-electron chi connectivity index (χ0n) is 44.9. The molecular formula is C66H72BN3O. The lowest BCUT2D eigenvalue weighted by molar-refractivity contribution is 0.195. The van der Waals surface area contributed by atoms with Crippen LogP contribution >= 0.6 is 0 Å². The Morgan fingerprint density at radius 2 is 0.972 bits per heavy atom. The first-order valence-electron chi connectivity index (χ1n) is 26.5. The summed E-state index contributed by atoms with van der Waals surface area (Å²) in [6.45, 7) is 33.3. The summed E-state index contributed by atoms with van der Waals surface area (Å²) in [4.78, 5) is 8.06. The van der Waals surface area contributed by atoms with Crippen molar-refractivity contribution in [3.63, 3.8) is 0 Å². The van der Waals surface area contributed by atoms with Gasteiger partial charge in [0, 0.05) is 50.6 Å². The fraction of sp³-hybridized carbons (Fsp3) is 0.364. The van der Waals surface area contributed by atoms with Gasteiger partial charge in [0.15, 0.2) is 0 Å². The Labute approximate surface area is 424 Å². The lowest BCUT2D eigenvalue weighted by atomic mass is 9.33. The van der Waals surface area contributed by atoms with Gasteiger partial charge in [-0.2, -0.15) is 0 Å². The Morgan fingerprint density at radius 3 is 1.59 bits per heavy atom. The fourth-order valence-corrected chi connectivity index (χ4v) is 13.2. The smallest absolute Gasteiger partial charge is 0.252 e. The van der Waals surface area contributed by atoms with Crippen LogP contribution in [0.3, 0.4) is 0 Å². The lowest BCUT2D eigenvalue weighted by Crippen LogP contribution is -2.62. The van der Waals surface area contributed by atoms with Gasteiger partial charge in [-0.15, -0.1) is 0 Å². The topological polar surface area (TPSA) is 22.9 Å². The van der Waals surface area contributed by atoms with E-state index in [9.17, 15) is 0 Å². The average Bonchev–Trinajstić information content (AvgIpc) is 3.80. The second kappa shape index (κ2) is 15.2. The maximum Gasteiger partial charge on any atom is 0.252 e. The number of fused-ring (bicyclic) bond motifs is 10. The normalized spacial score (nSPS) is 19.7. The highest BCUT2D eigenvalue weighted by Gasteiger charge is 2.58. The maximum atomic E-state index is 6.72. The van der Waals surface area contributed by atoms with Gasteiger partial charge in [-0.25, -0.2) is 0 Å². The number of para-hydroxylation sites is 1. The molecule has 1 aliphatic carbocycles. The summed E-state index contributed by atoms with van der Waals surface area (Å²) in [7, 11) is 0. The number of anilines is 8. The Bertz CT molecular complexity index is 3480. The summed E-state index contributed by atoms with van der Waals surface area (Å²) in [5.41, 5.74) is 22.4. The molecule has 2 unspecified atom stereocenters. The fourth-order valence-electron chi connectivity index (χ4n) is 13.2. The molecule has 1 aromatic heterocycles. The largest absolute Gasteiger partial charge is 0.456 e. The van der Waals surface area contributed by atoms with Gasteiger partial charge >= 0.3 is 0 Å². The first-order chi connectivity index (χ1) is 33.5. The van der Waals surface area contributed by atoms with Crippen molar-refractivity contribution < 1.29 is 4.42 Å². The molecular weight excluding hydrogens is 862 g/mol. The Balaban J connectivity index is 1.24. The Kier molecular flexibility index (Phi) is 9.81. The minimum Gasteiger partial charge on any atom is -0.456 e. The molecule has 71 heavy (non-hydrogen) atoms. The molecule has 0 bridgehead atoms. The summed E-state index contributed by atoms with van der Waals surface area (Å²) in [6.07, 6.45) is 4.74. The first-order valence-corrected chi connectivity index (χ1v) is 26.5. The minimum absolute atomic E-state index is 0.0233. The van der Waals surface area contributed by atoms with Gasteiger partial charge in [0.2, 0.25) is 0 Å². The molecule has 7 aromatic carbocycles. The third kappa shape index (κ3) is 6.77. The predicted octanol–water partition coefficient (Wildman–Crippen LogP) is 16.6. The number of hydrogen-bond acceptors (Lipinski definition) is 4. The molecule has 12 rings (SSSR count). The molecule has 8 aromatic rings. The van der Waals surface area contributed by atoms with Crippen LogP contribution < -0.4 is 31.1 Å². The standard InChI is InChI=1S/C66H72BN3O/c1-61(2,3)41-24-29-45(30-25-41)68-52-32-27-43(63(7,8)9)37-49(52)67-50-38-44(64(10,11)12)28-33-53(50)69(54-21-19-23-58-59(54)47-20-15-16-22-57(47)71-58)56-40-46(39-55(68)60(56)67)70-51-31-26-42(62(4,5)6)36-48(51)65(13)34-17-18-35-66(65,70)14/h15-16,19-33,36-40H,17-18,34-35H2,1-14H3. The zero-order valence-corrected chi connectivity index (χ0v) is 44.9. The average molecular weight is 934 g/mol. The van der Waals surface area contributed by atoms with Crippen LogP contribution in [0.15, 0.2) is 138 Å². The van der Waals surface area contributed by atoms with E-state index in [4.69, 9.17) is 4.42 Å². The Hall–Kier alpha value is -6.20. The highest BCUT2D eigenvalue weighted by atomic mass is 16.3. The third-order valence-corrected chi connectivity index (χ3v) is 17.6. The van der Waals surface area contributed by atoms with Crippen molar-refractivity contribution in [3.8, 4) is 0 Å². The van der Waals surface area contributed by atoms with Crippen LogP contribution in [0.2, 0.25) is 0 Å². The summed E-state index contributed by atoms with van der Waals surface area (Å²) >= 11 is 0. The molecule has 4 nitrogen and oxygen atoms in total. The van der Waals surface area contributed by atoms with E-state index in [2.05, 4.69) is 245 Å². The van der Waals surface area contributed by atoms with Crippen LogP contribution in [-0.2, 0) is 27.1 Å². The van der Waals surface area contributed by atoms with Gasteiger partial charge in [-0.05, 0) is 146 Å². The van der Waals surface area contributed by atoms with E-state index in [1.807, 2.05) is 0 Å². The SMILES string of the molecule is CC(C)(C)c1ccc(N2c3ccc(C(C)(C)C)cc3B3c4cc(C(C)(C)C)ccc4N(c4cccc5oc6ccccc6c45)c4cc(N5c6ccc(C(C)(C)C)cc6C6(C)CCCCC56C)cc2c43)cc1. The molecule has 360 valence electrons. The van der Waals surface area contributed by atoms with Crippen LogP contribution in [0.25, 0.3) is 21.9 Å². The molecule has 1 saturated carbocycles. The van der Waals surface area contributed by atoms with E-state index >= 15 is 0 Å². The van der Waals surface area contributed by atoms with Crippen molar-refractivity contribution >= 4 is 90.5 Å². The zero-order chi connectivity index (χ0) is 49.9. The third-order valence-electron chi connectivity index (χ3n) is 17.6. The van der Waals surface area contributed by atoms with E-state index in [1.165, 1.54) is 103 Å². The van der Waals surface area contributed by atoms with Crippen LogP contribution in [0.5, 0.6) is 0 Å². The lowest BCUT2D eigenvalue weighted by Gasteiger charge is -2.51. The molecule has 0 spiro atoms. The molecule has 4 aliphatic rings. The van der Waals surface area contributed by atoms with Gasteiger partial charge in [0.1, 0.15) is 11.2 Å². The molecule has 0 amide bonds. The van der Waals surface area contributed by atoms with Crippen molar-refractivity contribution in [3.05, 3.63) is 161 Å². The van der Waals surface area contributed by atoms with Crippen LogP contribution in [-0.4, -0.2) is 12.3 Å². The number of rotatable bonds is 3. The molecule has 3 aliphatic heterocycles. The van der Waals surface area contributed by atoms with E-state index in [1.54, 1.807) is 0 Å². The Morgan fingerprint density at radius 1 is 0.451 bits per heavy atom. The van der Waals surface area contributed by atoms with Crippen molar-refractivity contribution in [2.75, 3.05) is 14.7 Å². The van der Waals surface area contributed by atoms with Gasteiger partial charge in [0.05, 0.1) is 16.6 Å². The molecule has 0 N–H and O–H groups in total. The monoisotopic (exact) mass is 934 g/mol. The summed E-state index contributed by atoms with van der Waals surface area (Å²) < 4.78 is 6.72. The van der Waals surface area contributed by atoms with Crippen molar-refractivity contribution in [2.45, 2.75) is 155 Å². The summed E-state index contributed by atoms with van der Waals surface area (Å²) in [5, 5.41) is 2.27. The van der Waals surface area contributed by atoms with Crippen LogP contribution in [0, 0.1) is 0 Å². The van der Waals surface area contributed by atoms with Crippen molar-refractivity contribution in [1.29, 1.82) is 0 Å². The van der Waals surface area contributed by atoms with Gasteiger partial charge in [0.25, 0.3) is 6.71 Å². The number of nitrogens with zero attached hydrogens (tertiary/aromatic N) is 3. The summed E-state index contributed by atoms with van der Waals surface area (Å²) in [6, 6.07) is 52.2. The first kappa shape index (κ1) is 45.9. The number of benzene rings is 7. The van der Waals surface area contributed by atoms with Gasteiger partial charge in [-0.3, -0.25) is 0 Å². The van der Waals surface area contributed by atoms with Crippen molar-refractivity contribution in [1.82, 2.24) is 0 Å². The van der Waals surface area contributed by atoms with E-state index in [0.717, 1.165) is 34.0 Å². The molecule has 0 radical (unpaired) electrons. The van der Waals surface area contributed by atoms with Crippen molar-refractivity contribution in [2.24, 2.45) is 0 Å². The molecule has 0 saturated heterocycles. The molecule has 2 atom stereocenters.